The van der Waals surface area contributed by atoms with Gasteiger partial charge in [-0.1, -0.05) is 25.7 Å². The van der Waals surface area contributed by atoms with Crippen molar-refractivity contribution < 1.29 is 0 Å². The van der Waals surface area contributed by atoms with Crippen molar-refractivity contribution in [1.29, 1.82) is 0 Å². The molecule has 2 aliphatic carbocycles. The van der Waals surface area contributed by atoms with Gasteiger partial charge in [0.25, 0.3) is 0 Å². The van der Waals surface area contributed by atoms with Gasteiger partial charge in [-0.2, -0.15) is 0 Å². The van der Waals surface area contributed by atoms with Crippen LogP contribution in [0.2, 0.25) is 0 Å². The molecule has 0 spiro atoms. The Kier molecular flexibility index (Phi) is 4.25. The Morgan fingerprint density at radius 3 is 2.50 bits per heavy atom. The maximum absolute atomic E-state index is 3.62. The van der Waals surface area contributed by atoms with E-state index < -0.39 is 0 Å². The van der Waals surface area contributed by atoms with E-state index in [0.29, 0.717) is 0 Å². The predicted octanol–water partition coefficient (Wildman–Crippen LogP) is 3.03. The van der Waals surface area contributed by atoms with E-state index in [0.717, 1.165) is 23.9 Å². The fourth-order valence-electron chi connectivity index (χ4n) is 4.82. The second-order valence-corrected chi connectivity index (χ2v) is 6.84. The average Bonchev–Trinajstić information content (AvgIpc) is 3.06. The largest absolute Gasteiger partial charge is 0.315 e. The van der Waals surface area contributed by atoms with Gasteiger partial charge in [-0.05, 0) is 57.5 Å². The van der Waals surface area contributed by atoms with Gasteiger partial charge in [0.1, 0.15) is 0 Å². The van der Waals surface area contributed by atoms with Crippen molar-refractivity contribution in [2.75, 3.05) is 20.1 Å². The Morgan fingerprint density at radius 2 is 1.72 bits per heavy atom. The Balaban J connectivity index is 1.57. The minimum atomic E-state index is 0.758. The molecular formula is C16H30N2. The molecule has 3 rings (SSSR count). The molecule has 1 saturated heterocycles. The quantitative estimate of drug-likeness (QED) is 0.825. The third-order valence-corrected chi connectivity index (χ3v) is 5.90. The van der Waals surface area contributed by atoms with E-state index in [2.05, 4.69) is 17.3 Å². The number of rotatable bonds is 4. The van der Waals surface area contributed by atoms with Gasteiger partial charge in [0.2, 0.25) is 0 Å². The summed E-state index contributed by atoms with van der Waals surface area (Å²) >= 11 is 0. The highest BCUT2D eigenvalue weighted by molar-refractivity contribution is 4.92. The minimum Gasteiger partial charge on any atom is -0.315 e. The SMILES string of the molecule is CNC(CN1CCC2CCCCC21)C1CCCC1. The second-order valence-electron chi connectivity index (χ2n) is 6.84. The summed E-state index contributed by atoms with van der Waals surface area (Å²) in [5.41, 5.74) is 0. The van der Waals surface area contributed by atoms with Crippen molar-refractivity contribution in [1.82, 2.24) is 10.2 Å². The van der Waals surface area contributed by atoms with Crippen LogP contribution in [-0.2, 0) is 0 Å². The molecule has 0 aromatic rings. The van der Waals surface area contributed by atoms with Gasteiger partial charge in [0.05, 0.1) is 0 Å². The molecule has 3 unspecified atom stereocenters. The summed E-state index contributed by atoms with van der Waals surface area (Å²) in [7, 11) is 2.18. The molecule has 1 heterocycles. The Hall–Kier alpha value is -0.0800. The fourth-order valence-corrected chi connectivity index (χ4v) is 4.82. The van der Waals surface area contributed by atoms with Crippen molar-refractivity contribution in [2.24, 2.45) is 11.8 Å². The standard InChI is InChI=1S/C16H30N2/c1-17-15(13-6-2-3-7-13)12-18-11-10-14-8-4-5-9-16(14)18/h13-17H,2-12H2,1H3. The van der Waals surface area contributed by atoms with Gasteiger partial charge >= 0.3 is 0 Å². The third-order valence-electron chi connectivity index (χ3n) is 5.90. The summed E-state index contributed by atoms with van der Waals surface area (Å²) < 4.78 is 0. The fraction of sp³-hybridized carbons (Fsp3) is 1.00. The van der Waals surface area contributed by atoms with Crippen molar-refractivity contribution in [2.45, 2.75) is 69.9 Å². The number of nitrogens with zero attached hydrogens (tertiary/aromatic N) is 1. The van der Waals surface area contributed by atoms with Gasteiger partial charge in [-0.3, -0.25) is 4.90 Å². The first-order valence-electron chi connectivity index (χ1n) is 8.30. The molecule has 0 amide bonds. The van der Waals surface area contributed by atoms with Gasteiger partial charge in [-0.25, -0.2) is 0 Å². The van der Waals surface area contributed by atoms with Crippen LogP contribution in [0, 0.1) is 11.8 Å². The van der Waals surface area contributed by atoms with Crippen LogP contribution in [0.3, 0.4) is 0 Å². The van der Waals surface area contributed by atoms with Crippen LogP contribution in [0.4, 0.5) is 0 Å². The third kappa shape index (κ3) is 2.60. The molecule has 3 atom stereocenters. The number of hydrogen-bond donors (Lipinski definition) is 1. The van der Waals surface area contributed by atoms with E-state index in [4.69, 9.17) is 0 Å². The van der Waals surface area contributed by atoms with Crippen LogP contribution in [0.5, 0.6) is 0 Å². The predicted molar refractivity (Wildman–Crippen MR) is 76.7 cm³/mol. The average molecular weight is 250 g/mol. The first kappa shape index (κ1) is 12.9. The summed E-state index contributed by atoms with van der Waals surface area (Å²) in [6.45, 7) is 2.70. The summed E-state index contributed by atoms with van der Waals surface area (Å²) in [6.07, 6.45) is 13.3. The number of fused-ring (bicyclic) bond motifs is 1. The zero-order chi connectivity index (χ0) is 12.4. The maximum Gasteiger partial charge on any atom is 0.0220 e. The normalized spacial score (nSPS) is 35.8. The van der Waals surface area contributed by atoms with Crippen molar-refractivity contribution >= 4 is 0 Å². The lowest BCUT2D eigenvalue weighted by Gasteiger charge is -2.35. The summed E-state index contributed by atoms with van der Waals surface area (Å²) in [6, 6.07) is 1.70. The number of nitrogens with one attached hydrogen (secondary N) is 1. The lowest BCUT2D eigenvalue weighted by atomic mass is 9.85. The zero-order valence-electron chi connectivity index (χ0n) is 12.0. The molecule has 2 heteroatoms. The monoisotopic (exact) mass is 250 g/mol. The van der Waals surface area contributed by atoms with Crippen molar-refractivity contribution in [3.63, 3.8) is 0 Å². The number of likely N-dealkylation sites (tertiary alicyclic amines) is 1. The lowest BCUT2D eigenvalue weighted by Crippen LogP contribution is -2.46. The van der Waals surface area contributed by atoms with Crippen LogP contribution in [-0.4, -0.2) is 37.1 Å². The molecule has 3 aliphatic rings. The second kappa shape index (κ2) is 5.92. The summed E-state index contributed by atoms with van der Waals surface area (Å²) in [5.74, 6) is 2.00. The van der Waals surface area contributed by atoms with Crippen LogP contribution < -0.4 is 5.32 Å². The first-order valence-corrected chi connectivity index (χ1v) is 8.30. The molecule has 104 valence electrons. The van der Waals surface area contributed by atoms with Crippen molar-refractivity contribution in [3.05, 3.63) is 0 Å². The highest BCUT2D eigenvalue weighted by Gasteiger charge is 2.37. The van der Waals surface area contributed by atoms with Crippen LogP contribution in [0.25, 0.3) is 0 Å². The Bertz CT molecular complexity index is 260. The van der Waals surface area contributed by atoms with Crippen molar-refractivity contribution in [3.8, 4) is 0 Å². The zero-order valence-corrected chi connectivity index (χ0v) is 12.0. The van der Waals surface area contributed by atoms with Crippen LogP contribution in [0.1, 0.15) is 57.8 Å². The Labute approximate surface area is 113 Å². The minimum absolute atomic E-state index is 0.758. The van der Waals surface area contributed by atoms with E-state index in [1.165, 1.54) is 70.9 Å². The summed E-state index contributed by atoms with van der Waals surface area (Å²) in [5, 5.41) is 3.62. The molecule has 0 bridgehead atoms. The molecule has 2 nitrogen and oxygen atoms in total. The molecular weight excluding hydrogens is 220 g/mol. The lowest BCUT2D eigenvalue weighted by molar-refractivity contribution is 0.154. The molecule has 0 radical (unpaired) electrons. The topological polar surface area (TPSA) is 15.3 Å². The van der Waals surface area contributed by atoms with E-state index in [-0.39, 0.29) is 0 Å². The summed E-state index contributed by atoms with van der Waals surface area (Å²) in [4.78, 5) is 2.84. The molecule has 18 heavy (non-hydrogen) atoms. The molecule has 2 saturated carbocycles. The maximum atomic E-state index is 3.62. The van der Waals surface area contributed by atoms with E-state index in [1.807, 2.05) is 0 Å². The molecule has 0 aromatic heterocycles. The smallest absolute Gasteiger partial charge is 0.0220 e. The van der Waals surface area contributed by atoms with E-state index in [1.54, 1.807) is 0 Å². The molecule has 3 fully saturated rings. The van der Waals surface area contributed by atoms with Gasteiger partial charge in [-0.15, -0.1) is 0 Å². The molecule has 1 N–H and O–H groups in total. The van der Waals surface area contributed by atoms with Crippen LogP contribution >= 0.6 is 0 Å². The van der Waals surface area contributed by atoms with E-state index in [9.17, 15) is 0 Å². The highest BCUT2D eigenvalue weighted by atomic mass is 15.2. The number of likely N-dealkylation sites (N-methyl/N-ethyl adjacent to an activating group) is 1. The number of hydrogen-bond acceptors (Lipinski definition) is 2. The van der Waals surface area contributed by atoms with Gasteiger partial charge in [0, 0.05) is 18.6 Å². The molecule has 1 aliphatic heterocycles. The van der Waals surface area contributed by atoms with Gasteiger partial charge < -0.3 is 5.32 Å². The van der Waals surface area contributed by atoms with E-state index >= 15 is 0 Å². The Morgan fingerprint density at radius 1 is 1.00 bits per heavy atom. The van der Waals surface area contributed by atoms with Gasteiger partial charge in [0.15, 0.2) is 0 Å². The van der Waals surface area contributed by atoms with Crippen LogP contribution in [0.15, 0.2) is 0 Å². The molecule has 0 aromatic carbocycles. The first-order chi connectivity index (χ1) is 8.88. The highest BCUT2D eigenvalue weighted by Crippen LogP contribution is 2.37.